The van der Waals surface area contributed by atoms with E-state index in [0.29, 0.717) is 30.3 Å². The summed E-state index contributed by atoms with van der Waals surface area (Å²) < 4.78 is 10.5. The minimum Gasteiger partial charge on any atom is -0.493 e. The van der Waals surface area contributed by atoms with Crippen molar-refractivity contribution in [3.63, 3.8) is 0 Å². The Kier molecular flexibility index (Phi) is 7.54. The fourth-order valence-electron chi connectivity index (χ4n) is 3.71. The van der Waals surface area contributed by atoms with Crippen LogP contribution in [0.4, 0.5) is 11.4 Å². The van der Waals surface area contributed by atoms with Gasteiger partial charge < -0.3 is 30.7 Å². The van der Waals surface area contributed by atoms with Gasteiger partial charge in [-0.05, 0) is 36.6 Å². The Hall–Kier alpha value is -4.02. The van der Waals surface area contributed by atoms with E-state index in [0.717, 1.165) is 18.4 Å². The Morgan fingerprint density at radius 3 is 2.48 bits per heavy atom. The molecular formula is C22H28N6O5. The number of anilines is 1. The van der Waals surface area contributed by atoms with Crippen LogP contribution in [-0.4, -0.2) is 55.0 Å². The van der Waals surface area contributed by atoms with Crippen LogP contribution in [0.3, 0.4) is 0 Å². The van der Waals surface area contributed by atoms with E-state index < -0.39 is 10.8 Å². The number of hydrogen-bond acceptors (Lipinski definition) is 7. The van der Waals surface area contributed by atoms with Gasteiger partial charge in [0.15, 0.2) is 17.5 Å². The van der Waals surface area contributed by atoms with Crippen molar-refractivity contribution in [2.24, 2.45) is 5.73 Å². The summed E-state index contributed by atoms with van der Waals surface area (Å²) in [5, 5.41) is 25.0. The van der Waals surface area contributed by atoms with Crippen LogP contribution < -0.4 is 25.8 Å². The molecule has 1 aliphatic rings. The quantitative estimate of drug-likeness (QED) is 0.204. The highest BCUT2D eigenvalue weighted by atomic mass is 16.6. The highest BCUT2D eigenvalue weighted by Gasteiger charge is 2.23. The van der Waals surface area contributed by atoms with Gasteiger partial charge in [0.25, 0.3) is 11.6 Å². The van der Waals surface area contributed by atoms with Crippen molar-refractivity contribution >= 4 is 23.2 Å². The lowest BCUT2D eigenvalue weighted by atomic mass is 10.0. The van der Waals surface area contributed by atoms with E-state index in [9.17, 15) is 14.9 Å². The number of piperidine rings is 1. The number of nitrogens with one attached hydrogen (secondary N) is 3. The maximum absolute atomic E-state index is 13.0. The molecule has 5 N–H and O–H groups in total. The van der Waals surface area contributed by atoms with Crippen LogP contribution in [0.15, 0.2) is 36.4 Å². The number of non-ortho nitro benzene ring substituents is 1. The van der Waals surface area contributed by atoms with Gasteiger partial charge in [0.05, 0.1) is 24.7 Å². The average molecular weight is 457 g/mol. The molecule has 1 heterocycles. The van der Waals surface area contributed by atoms with Gasteiger partial charge in [0.1, 0.15) is 0 Å². The summed E-state index contributed by atoms with van der Waals surface area (Å²) in [6, 6.07) is 9.56. The zero-order valence-corrected chi connectivity index (χ0v) is 18.6. The predicted molar refractivity (Wildman–Crippen MR) is 124 cm³/mol. The molecule has 0 bridgehead atoms. The van der Waals surface area contributed by atoms with Gasteiger partial charge in [-0.2, -0.15) is 0 Å². The fraction of sp³-hybridized carbons (Fsp3) is 0.364. The Balaban J connectivity index is 1.74. The van der Waals surface area contributed by atoms with E-state index in [1.165, 1.54) is 19.2 Å². The third-order valence-electron chi connectivity index (χ3n) is 5.55. The molecule has 2 aromatic carbocycles. The molecule has 3 rings (SSSR count). The third kappa shape index (κ3) is 5.82. The van der Waals surface area contributed by atoms with Crippen molar-refractivity contribution in [1.29, 1.82) is 5.41 Å². The van der Waals surface area contributed by atoms with E-state index in [-0.39, 0.29) is 29.8 Å². The van der Waals surface area contributed by atoms with E-state index >= 15 is 0 Å². The van der Waals surface area contributed by atoms with Gasteiger partial charge >= 0.3 is 0 Å². The standard InChI is InChI=1S/C22H28N6O5/c1-32-19-6-3-14(11-20(19)33-2)13-25-21(29)17-12-16(28(30)31)4-5-18(17)26-15-7-9-27(10-8-15)22(23)24/h3-6,11-12,15,26H,7-10,13H2,1-2H3,(H3,23,24)(H,25,29). The number of amides is 1. The molecule has 1 fully saturated rings. The van der Waals surface area contributed by atoms with E-state index in [1.807, 2.05) is 0 Å². The van der Waals surface area contributed by atoms with Crippen LogP contribution in [-0.2, 0) is 6.54 Å². The molecular weight excluding hydrogens is 428 g/mol. The summed E-state index contributed by atoms with van der Waals surface area (Å²) >= 11 is 0. The number of benzene rings is 2. The molecule has 1 saturated heterocycles. The van der Waals surface area contributed by atoms with Crippen LogP contribution >= 0.6 is 0 Å². The number of rotatable bonds is 8. The van der Waals surface area contributed by atoms with Crippen molar-refractivity contribution in [1.82, 2.24) is 10.2 Å². The predicted octanol–water partition coefficient (Wildman–Crippen LogP) is 2.31. The molecule has 0 atom stereocenters. The first-order valence-electron chi connectivity index (χ1n) is 10.5. The minimum absolute atomic E-state index is 0.0408. The smallest absolute Gasteiger partial charge is 0.270 e. The number of hydrogen-bond donors (Lipinski definition) is 4. The first-order valence-corrected chi connectivity index (χ1v) is 10.5. The molecule has 0 saturated carbocycles. The first-order chi connectivity index (χ1) is 15.8. The largest absolute Gasteiger partial charge is 0.493 e. The lowest BCUT2D eigenvalue weighted by molar-refractivity contribution is -0.384. The number of nitrogens with zero attached hydrogens (tertiary/aromatic N) is 2. The van der Waals surface area contributed by atoms with Gasteiger partial charge in [0.2, 0.25) is 0 Å². The maximum atomic E-state index is 13.0. The Morgan fingerprint density at radius 2 is 1.88 bits per heavy atom. The second kappa shape index (κ2) is 10.5. The van der Waals surface area contributed by atoms with E-state index in [2.05, 4.69) is 10.6 Å². The summed E-state index contributed by atoms with van der Waals surface area (Å²) in [4.78, 5) is 25.5. The van der Waals surface area contributed by atoms with Gasteiger partial charge in [-0.3, -0.25) is 20.3 Å². The molecule has 0 radical (unpaired) electrons. The highest BCUT2D eigenvalue weighted by Crippen LogP contribution is 2.28. The number of methoxy groups -OCH3 is 2. The van der Waals surface area contributed by atoms with E-state index in [4.69, 9.17) is 20.6 Å². The lowest BCUT2D eigenvalue weighted by Crippen LogP contribution is -2.45. The van der Waals surface area contributed by atoms with Gasteiger partial charge in [0, 0.05) is 43.5 Å². The van der Waals surface area contributed by atoms with Crippen molar-refractivity contribution in [3.05, 3.63) is 57.6 Å². The maximum Gasteiger partial charge on any atom is 0.270 e. The van der Waals surface area contributed by atoms with Crippen LogP contribution in [0.5, 0.6) is 11.5 Å². The number of nitro benzene ring substituents is 1. The lowest BCUT2D eigenvalue weighted by Gasteiger charge is -2.33. The number of carbonyl (C=O) groups excluding carboxylic acids is 1. The molecule has 11 nitrogen and oxygen atoms in total. The van der Waals surface area contributed by atoms with Crippen molar-refractivity contribution in [2.45, 2.75) is 25.4 Å². The summed E-state index contributed by atoms with van der Waals surface area (Å²) in [5.41, 5.74) is 6.89. The number of nitrogens with two attached hydrogens (primary N) is 1. The SMILES string of the molecule is COc1ccc(CNC(=O)c2cc([N+](=O)[O-])ccc2NC2CCN(C(=N)N)CC2)cc1OC. The molecule has 1 aliphatic heterocycles. The Bertz CT molecular complexity index is 1040. The molecule has 0 aliphatic carbocycles. The second-order valence-corrected chi connectivity index (χ2v) is 7.65. The number of guanidine groups is 1. The molecule has 0 aromatic heterocycles. The second-order valence-electron chi connectivity index (χ2n) is 7.65. The molecule has 11 heteroatoms. The molecule has 1 amide bonds. The Morgan fingerprint density at radius 1 is 1.18 bits per heavy atom. The first kappa shape index (κ1) is 23.6. The van der Waals surface area contributed by atoms with Crippen molar-refractivity contribution in [3.8, 4) is 11.5 Å². The highest BCUT2D eigenvalue weighted by molar-refractivity contribution is 6.00. The normalized spacial score (nSPS) is 13.8. The number of nitro groups is 1. The monoisotopic (exact) mass is 456 g/mol. The van der Waals surface area contributed by atoms with Gasteiger partial charge in [-0.15, -0.1) is 0 Å². The summed E-state index contributed by atoms with van der Waals surface area (Å²) in [6.07, 6.45) is 1.45. The number of likely N-dealkylation sites (tertiary alicyclic amines) is 1. The molecule has 33 heavy (non-hydrogen) atoms. The van der Waals surface area contributed by atoms with Crippen LogP contribution in [0.2, 0.25) is 0 Å². The van der Waals surface area contributed by atoms with Crippen molar-refractivity contribution in [2.75, 3.05) is 32.6 Å². The minimum atomic E-state index is -0.528. The van der Waals surface area contributed by atoms with Crippen molar-refractivity contribution < 1.29 is 19.2 Å². The molecule has 2 aromatic rings. The van der Waals surface area contributed by atoms with Crippen LogP contribution in [0.1, 0.15) is 28.8 Å². The van der Waals surface area contributed by atoms with Crippen LogP contribution in [0.25, 0.3) is 0 Å². The fourth-order valence-corrected chi connectivity index (χ4v) is 3.71. The van der Waals surface area contributed by atoms with Crippen LogP contribution in [0, 0.1) is 15.5 Å². The Labute approximate surface area is 191 Å². The summed E-state index contributed by atoms with van der Waals surface area (Å²) in [7, 11) is 3.07. The third-order valence-corrected chi connectivity index (χ3v) is 5.55. The topological polar surface area (TPSA) is 156 Å². The molecule has 0 spiro atoms. The molecule has 0 unspecified atom stereocenters. The molecule has 176 valence electrons. The van der Waals surface area contributed by atoms with E-state index in [1.54, 1.807) is 36.3 Å². The summed E-state index contributed by atoms with van der Waals surface area (Å²) in [5.74, 6) is 0.726. The summed E-state index contributed by atoms with van der Waals surface area (Å²) in [6.45, 7) is 1.46. The zero-order chi connectivity index (χ0) is 24.0. The average Bonchev–Trinajstić information content (AvgIpc) is 2.82. The number of carbonyl (C=O) groups is 1. The number of ether oxygens (including phenoxy) is 2. The zero-order valence-electron chi connectivity index (χ0n) is 18.6. The van der Waals surface area contributed by atoms with Gasteiger partial charge in [-0.25, -0.2) is 0 Å². The van der Waals surface area contributed by atoms with Gasteiger partial charge in [-0.1, -0.05) is 6.07 Å².